The summed E-state index contributed by atoms with van der Waals surface area (Å²) in [5, 5.41) is 11.1. The lowest BCUT2D eigenvalue weighted by molar-refractivity contribution is -0.137. The molecule has 1 amide bonds. The quantitative estimate of drug-likeness (QED) is 0.528. The number of hydrogen-bond donors (Lipinski definition) is 1. The topological polar surface area (TPSA) is 109 Å². The Morgan fingerprint density at radius 1 is 1.09 bits per heavy atom. The van der Waals surface area contributed by atoms with E-state index in [1.54, 1.807) is 6.07 Å². The van der Waals surface area contributed by atoms with Gasteiger partial charge in [-0.3, -0.25) is 14.2 Å². The highest BCUT2D eigenvalue weighted by molar-refractivity contribution is 7.91. The summed E-state index contributed by atoms with van der Waals surface area (Å²) >= 11 is 0. The van der Waals surface area contributed by atoms with Gasteiger partial charge in [-0.25, -0.2) is 8.42 Å². The molecule has 1 N–H and O–H groups in total. The maximum Gasteiger partial charge on any atom is 0.416 e. The molecule has 0 radical (unpaired) electrons. The molecular formula is C24H20F3N3O4S. The number of aromatic nitrogens is 1. The van der Waals surface area contributed by atoms with Crippen molar-refractivity contribution in [3.05, 3.63) is 93.4 Å². The lowest BCUT2D eigenvalue weighted by Crippen LogP contribution is -2.33. The first-order chi connectivity index (χ1) is 16.4. The number of aryl methyl sites for hydroxylation is 1. The number of nitrogens with zero attached hydrogens (tertiary/aromatic N) is 2. The molecule has 0 fully saturated rings. The number of benzene rings is 2. The van der Waals surface area contributed by atoms with E-state index in [9.17, 15) is 31.2 Å². The van der Waals surface area contributed by atoms with E-state index in [1.807, 2.05) is 0 Å². The van der Waals surface area contributed by atoms with E-state index in [1.165, 1.54) is 55.5 Å². The molecule has 7 nitrogen and oxygen atoms in total. The number of pyridine rings is 1. The highest BCUT2D eigenvalue weighted by atomic mass is 32.2. The van der Waals surface area contributed by atoms with E-state index in [4.69, 9.17) is 5.26 Å². The average molecular weight is 504 g/mol. The fraction of sp³-hybridized carbons (Fsp3) is 0.208. The summed E-state index contributed by atoms with van der Waals surface area (Å²) in [4.78, 5) is 25.7. The monoisotopic (exact) mass is 503 g/mol. The van der Waals surface area contributed by atoms with Crippen molar-refractivity contribution in [3.8, 4) is 11.8 Å². The second kappa shape index (κ2) is 10.1. The summed E-state index contributed by atoms with van der Waals surface area (Å²) < 4.78 is 64.6. The second-order valence-electron chi connectivity index (χ2n) is 7.63. The van der Waals surface area contributed by atoms with Crippen molar-refractivity contribution >= 4 is 15.7 Å². The molecule has 0 atom stereocenters. The molecule has 11 heteroatoms. The van der Waals surface area contributed by atoms with Crippen molar-refractivity contribution in [1.82, 2.24) is 9.88 Å². The zero-order valence-electron chi connectivity index (χ0n) is 18.5. The Kier molecular flexibility index (Phi) is 7.45. The largest absolute Gasteiger partial charge is 0.416 e. The van der Waals surface area contributed by atoms with Crippen molar-refractivity contribution in [3.63, 3.8) is 0 Å². The van der Waals surface area contributed by atoms with Crippen LogP contribution in [0.25, 0.3) is 5.69 Å². The van der Waals surface area contributed by atoms with Crippen LogP contribution in [-0.2, 0) is 22.6 Å². The van der Waals surface area contributed by atoms with Gasteiger partial charge in [0.2, 0.25) is 0 Å². The van der Waals surface area contributed by atoms with Crippen LogP contribution in [0, 0.1) is 18.3 Å². The van der Waals surface area contributed by atoms with Crippen molar-refractivity contribution in [1.29, 1.82) is 5.26 Å². The van der Waals surface area contributed by atoms with Gasteiger partial charge >= 0.3 is 6.18 Å². The van der Waals surface area contributed by atoms with Gasteiger partial charge in [-0.2, -0.15) is 18.4 Å². The Morgan fingerprint density at radius 3 is 2.40 bits per heavy atom. The molecule has 3 aromatic rings. The zero-order valence-corrected chi connectivity index (χ0v) is 19.3. The van der Waals surface area contributed by atoms with E-state index in [0.717, 1.165) is 16.7 Å². The normalized spacial score (nSPS) is 11.6. The van der Waals surface area contributed by atoms with Gasteiger partial charge in [0.05, 0.1) is 22.3 Å². The van der Waals surface area contributed by atoms with E-state index in [2.05, 4.69) is 5.32 Å². The molecule has 3 rings (SSSR count). The standard InChI is InChI=1S/C24H20F3N3O4S/c1-16-6-11-21(23(32)30(16)19-5-2-4-18(14-19)24(25,26)27)22(31)29-15-17-7-9-20(10-8-17)35(33,34)13-3-12-28/h2,4-11,14H,3,13,15H2,1H3,(H,29,31). The van der Waals surface area contributed by atoms with Crippen molar-refractivity contribution in [2.45, 2.75) is 31.0 Å². The second-order valence-corrected chi connectivity index (χ2v) is 9.74. The highest BCUT2D eigenvalue weighted by Crippen LogP contribution is 2.30. The van der Waals surface area contributed by atoms with Crippen LogP contribution in [0.2, 0.25) is 0 Å². The summed E-state index contributed by atoms with van der Waals surface area (Å²) in [6.45, 7) is 1.52. The summed E-state index contributed by atoms with van der Waals surface area (Å²) in [6.07, 6.45) is -4.72. The summed E-state index contributed by atoms with van der Waals surface area (Å²) in [5.74, 6) is -1.04. The predicted molar refractivity (Wildman–Crippen MR) is 122 cm³/mol. The molecule has 182 valence electrons. The number of sulfone groups is 1. The molecule has 35 heavy (non-hydrogen) atoms. The first-order valence-electron chi connectivity index (χ1n) is 10.3. The number of nitrogens with one attached hydrogen (secondary N) is 1. The highest BCUT2D eigenvalue weighted by Gasteiger charge is 2.30. The molecule has 2 aromatic carbocycles. The van der Waals surface area contributed by atoms with Gasteiger partial charge in [-0.1, -0.05) is 18.2 Å². The molecule has 1 heterocycles. The fourth-order valence-corrected chi connectivity index (χ4v) is 4.48. The van der Waals surface area contributed by atoms with Gasteiger partial charge < -0.3 is 5.32 Å². The van der Waals surface area contributed by atoms with E-state index in [0.29, 0.717) is 11.3 Å². The number of amides is 1. The number of nitriles is 1. The SMILES string of the molecule is Cc1ccc(C(=O)NCc2ccc(S(=O)(=O)CCC#N)cc2)c(=O)n1-c1cccc(C(F)(F)F)c1. The molecule has 0 aliphatic carbocycles. The third-order valence-corrected chi connectivity index (χ3v) is 6.90. The molecule has 0 bridgehead atoms. The average Bonchev–Trinajstić information content (AvgIpc) is 2.81. The zero-order chi connectivity index (χ0) is 25.8. The minimum atomic E-state index is -4.59. The van der Waals surface area contributed by atoms with E-state index < -0.39 is 33.0 Å². The molecular weight excluding hydrogens is 483 g/mol. The minimum Gasteiger partial charge on any atom is -0.348 e. The van der Waals surface area contributed by atoms with Crippen LogP contribution in [0.5, 0.6) is 0 Å². The maximum atomic E-state index is 13.1. The van der Waals surface area contributed by atoms with Crippen molar-refractivity contribution in [2.75, 3.05) is 5.75 Å². The van der Waals surface area contributed by atoms with Gasteiger partial charge in [-0.05, 0) is 55.0 Å². The number of alkyl halides is 3. The Balaban J connectivity index is 1.81. The molecule has 1 aromatic heterocycles. The van der Waals surface area contributed by atoms with Gasteiger partial charge in [0.1, 0.15) is 5.56 Å². The van der Waals surface area contributed by atoms with Crippen LogP contribution in [0.1, 0.15) is 33.6 Å². The minimum absolute atomic E-state index is 0.0196. The first-order valence-corrected chi connectivity index (χ1v) is 12.0. The van der Waals surface area contributed by atoms with Crippen LogP contribution >= 0.6 is 0 Å². The van der Waals surface area contributed by atoms with Crippen molar-refractivity contribution in [2.24, 2.45) is 0 Å². The molecule has 0 aliphatic heterocycles. The lowest BCUT2D eigenvalue weighted by Gasteiger charge is -2.14. The fourth-order valence-electron chi connectivity index (χ4n) is 3.34. The van der Waals surface area contributed by atoms with Gasteiger partial charge in [0, 0.05) is 24.3 Å². The van der Waals surface area contributed by atoms with Crippen molar-refractivity contribution < 1.29 is 26.4 Å². The molecule has 0 aliphatic rings. The van der Waals surface area contributed by atoms with E-state index in [-0.39, 0.29) is 34.9 Å². The maximum absolute atomic E-state index is 13.1. The number of rotatable bonds is 7. The van der Waals surface area contributed by atoms with E-state index >= 15 is 0 Å². The Morgan fingerprint density at radius 2 is 1.77 bits per heavy atom. The molecule has 0 saturated carbocycles. The Bertz CT molecular complexity index is 1460. The summed E-state index contributed by atoms with van der Waals surface area (Å²) in [7, 11) is -3.59. The van der Waals surface area contributed by atoms with Gasteiger partial charge in [-0.15, -0.1) is 0 Å². The van der Waals surface area contributed by atoms with Gasteiger partial charge in [0.15, 0.2) is 9.84 Å². The Labute approximate surface area is 199 Å². The van der Waals surface area contributed by atoms with Gasteiger partial charge in [0.25, 0.3) is 11.5 Å². The third kappa shape index (κ3) is 5.96. The first kappa shape index (κ1) is 25.7. The van der Waals surface area contributed by atoms with Crippen LogP contribution in [0.4, 0.5) is 13.2 Å². The Hall–Kier alpha value is -3.91. The summed E-state index contributed by atoms with van der Waals surface area (Å²) in [5.41, 5.74) is -1.08. The number of carbonyl (C=O) groups is 1. The lowest BCUT2D eigenvalue weighted by atomic mass is 10.1. The third-order valence-electron chi connectivity index (χ3n) is 5.17. The molecule has 0 spiro atoms. The molecule has 0 unspecified atom stereocenters. The van der Waals surface area contributed by atoms with Crippen LogP contribution in [0.15, 0.2) is 70.4 Å². The number of carbonyl (C=O) groups excluding carboxylic acids is 1. The predicted octanol–water partition coefficient (Wildman–Crippen LogP) is 3.78. The molecule has 0 saturated heterocycles. The number of hydrogen-bond acceptors (Lipinski definition) is 5. The number of halogens is 3. The smallest absolute Gasteiger partial charge is 0.348 e. The van der Waals surface area contributed by atoms with Crippen LogP contribution in [0.3, 0.4) is 0 Å². The summed E-state index contributed by atoms with van der Waals surface area (Å²) in [6, 6.07) is 14.5. The van der Waals surface area contributed by atoms with Crippen LogP contribution in [-0.4, -0.2) is 24.6 Å². The van der Waals surface area contributed by atoms with Crippen LogP contribution < -0.4 is 10.9 Å².